The highest BCUT2D eigenvalue weighted by molar-refractivity contribution is 5.96. The Morgan fingerprint density at radius 2 is 2.09 bits per heavy atom. The van der Waals surface area contributed by atoms with Gasteiger partial charge in [0, 0.05) is 12.1 Å². The Morgan fingerprint density at radius 1 is 1.43 bits per heavy atom. The van der Waals surface area contributed by atoms with E-state index in [1.165, 1.54) is 6.07 Å². The first-order valence-electron chi connectivity index (χ1n) is 7.84. The van der Waals surface area contributed by atoms with Crippen molar-refractivity contribution in [1.82, 2.24) is 10.5 Å². The molecule has 0 aromatic carbocycles. The van der Waals surface area contributed by atoms with Crippen LogP contribution < -0.4 is 10.6 Å². The predicted octanol–water partition coefficient (Wildman–Crippen LogP) is 1.29. The van der Waals surface area contributed by atoms with E-state index in [4.69, 9.17) is 9.63 Å². The van der Waals surface area contributed by atoms with Crippen LogP contribution in [0.3, 0.4) is 0 Å². The van der Waals surface area contributed by atoms with Crippen molar-refractivity contribution in [3.63, 3.8) is 0 Å². The molecule has 1 aliphatic carbocycles. The van der Waals surface area contributed by atoms with Gasteiger partial charge in [-0.2, -0.15) is 0 Å². The molecule has 0 bridgehead atoms. The summed E-state index contributed by atoms with van der Waals surface area (Å²) in [6.07, 6.45) is 2.98. The van der Waals surface area contributed by atoms with Crippen LogP contribution >= 0.6 is 0 Å². The third-order valence-corrected chi connectivity index (χ3v) is 4.13. The third kappa shape index (κ3) is 4.63. The minimum atomic E-state index is -0.784. The highest BCUT2D eigenvalue weighted by atomic mass is 16.5. The van der Waals surface area contributed by atoms with Crippen molar-refractivity contribution in [2.24, 2.45) is 0 Å². The minimum absolute atomic E-state index is 0.207. The van der Waals surface area contributed by atoms with E-state index < -0.39 is 5.54 Å². The van der Waals surface area contributed by atoms with Crippen molar-refractivity contribution in [2.45, 2.75) is 57.2 Å². The van der Waals surface area contributed by atoms with Gasteiger partial charge in [0.1, 0.15) is 5.69 Å². The van der Waals surface area contributed by atoms with Crippen molar-refractivity contribution in [1.29, 1.82) is 0 Å². The van der Waals surface area contributed by atoms with E-state index in [-0.39, 0.29) is 30.5 Å². The third-order valence-electron chi connectivity index (χ3n) is 4.13. The lowest BCUT2D eigenvalue weighted by molar-refractivity contribution is -0.121. The molecule has 0 aliphatic heterocycles. The Balaban J connectivity index is 1.93. The lowest BCUT2D eigenvalue weighted by Crippen LogP contribution is -2.54. The van der Waals surface area contributed by atoms with Gasteiger partial charge in [0.05, 0.1) is 18.2 Å². The summed E-state index contributed by atoms with van der Waals surface area (Å²) in [5, 5.41) is 28.3. The number of rotatable bonds is 6. The van der Waals surface area contributed by atoms with Crippen molar-refractivity contribution in [3.05, 3.63) is 18.3 Å². The number of hydrogen-bond acceptors (Lipinski definition) is 6. The Hall–Kier alpha value is -1.70. The molecule has 1 saturated carbocycles. The Labute approximate surface area is 135 Å². The molecule has 0 saturated heterocycles. The average Bonchev–Trinajstić information content (AvgIpc) is 2.97. The molecule has 1 amide bonds. The van der Waals surface area contributed by atoms with E-state index >= 15 is 0 Å². The second-order valence-electron chi connectivity index (χ2n) is 6.57. The zero-order valence-corrected chi connectivity index (χ0v) is 13.6. The summed E-state index contributed by atoms with van der Waals surface area (Å²) in [6.45, 7) is 7.03. The maximum atomic E-state index is 12.4. The largest absolute Gasteiger partial charge is 0.393 e. The molecule has 0 radical (unpaired) electrons. The van der Waals surface area contributed by atoms with E-state index in [2.05, 4.69) is 22.4 Å². The molecular weight excluding hydrogens is 298 g/mol. The van der Waals surface area contributed by atoms with Crippen LogP contribution in [0.25, 0.3) is 5.57 Å². The van der Waals surface area contributed by atoms with Gasteiger partial charge in [0.25, 0.3) is 0 Å². The zero-order valence-electron chi connectivity index (χ0n) is 13.6. The summed E-state index contributed by atoms with van der Waals surface area (Å²) < 4.78 is 5.04. The van der Waals surface area contributed by atoms with Gasteiger partial charge < -0.3 is 20.1 Å². The SMILES string of the molecule is C=C(CO)c1cc(NC(=O)C(C)(C)N[C@H]2CC[C@@H](O)CC2)on1. The number of carbonyl (C=O) groups excluding carboxylic acids is 1. The number of nitrogens with one attached hydrogen (secondary N) is 2. The molecule has 1 heterocycles. The molecule has 0 unspecified atom stereocenters. The van der Waals surface area contributed by atoms with Crippen LogP contribution in [0.2, 0.25) is 0 Å². The van der Waals surface area contributed by atoms with Crippen LogP contribution in [0.15, 0.2) is 17.2 Å². The van der Waals surface area contributed by atoms with Crippen LogP contribution in [-0.4, -0.2) is 45.6 Å². The van der Waals surface area contributed by atoms with Gasteiger partial charge in [0.15, 0.2) is 0 Å². The number of anilines is 1. The first-order chi connectivity index (χ1) is 10.8. The molecule has 1 fully saturated rings. The zero-order chi connectivity index (χ0) is 17.0. The molecule has 7 nitrogen and oxygen atoms in total. The number of nitrogens with zero attached hydrogens (tertiary/aromatic N) is 1. The van der Waals surface area contributed by atoms with Gasteiger partial charge in [-0.05, 0) is 45.1 Å². The fraction of sp³-hybridized carbons (Fsp3) is 0.625. The summed E-state index contributed by atoms with van der Waals surface area (Å²) in [5.41, 5.74) is 0.0516. The van der Waals surface area contributed by atoms with Crippen LogP contribution in [0.4, 0.5) is 5.88 Å². The molecule has 1 aromatic heterocycles. The predicted molar refractivity (Wildman–Crippen MR) is 86.7 cm³/mol. The normalized spacial score (nSPS) is 21.9. The molecule has 1 aromatic rings. The summed E-state index contributed by atoms with van der Waals surface area (Å²) in [6, 6.07) is 1.74. The van der Waals surface area contributed by atoms with E-state index in [1.54, 1.807) is 13.8 Å². The highest BCUT2D eigenvalue weighted by Gasteiger charge is 2.32. The average molecular weight is 323 g/mol. The van der Waals surface area contributed by atoms with Crippen LogP contribution in [0, 0.1) is 0 Å². The smallest absolute Gasteiger partial charge is 0.246 e. The van der Waals surface area contributed by atoms with Crippen molar-refractivity contribution in [2.75, 3.05) is 11.9 Å². The van der Waals surface area contributed by atoms with E-state index in [1.807, 2.05) is 0 Å². The van der Waals surface area contributed by atoms with E-state index in [0.29, 0.717) is 11.3 Å². The van der Waals surface area contributed by atoms with Crippen LogP contribution in [0.1, 0.15) is 45.2 Å². The molecule has 128 valence electrons. The summed E-state index contributed by atoms with van der Waals surface area (Å²) >= 11 is 0. The highest BCUT2D eigenvalue weighted by Crippen LogP contribution is 2.22. The van der Waals surface area contributed by atoms with Gasteiger partial charge in [-0.3, -0.25) is 10.1 Å². The lowest BCUT2D eigenvalue weighted by Gasteiger charge is -2.33. The van der Waals surface area contributed by atoms with Crippen molar-refractivity contribution in [3.8, 4) is 0 Å². The van der Waals surface area contributed by atoms with Crippen LogP contribution in [0.5, 0.6) is 0 Å². The molecule has 0 atom stereocenters. The number of amides is 1. The Bertz CT molecular complexity index is 559. The number of aliphatic hydroxyl groups excluding tert-OH is 2. The second-order valence-corrected chi connectivity index (χ2v) is 6.57. The van der Waals surface area contributed by atoms with Gasteiger partial charge in [-0.25, -0.2) is 0 Å². The quantitative estimate of drug-likeness (QED) is 0.628. The molecular formula is C16H25N3O4. The van der Waals surface area contributed by atoms with Gasteiger partial charge in [-0.1, -0.05) is 11.7 Å². The van der Waals surface area contributed by atoms with Gasteiger partial charge in [0.2, 0.25) is 11.8 Å². The van der Waals surface area contributed by atoms with Gasteiger partial charge >= 0.3 is 0 Å². The number of carbonyl (C=O) groups is 1. The minimum Gasteiger partial charge on any atom is -0.393 e. The molecule has 2 rings (SSSR count). The topological polar surface area (TPSA) is 108 Å². The molecule has 23 heavy (non-hydrogen) atoms. The first-order valence-corrected chi connectivity index (χ1v) is 7.84. The molecule has 0 spiro atoms. The van der Waals surface area contributed by atoms with Crippen molar-refractivity contribution >= 4 is 17.4 Å². The standard InChI is InChI=1S/C16H25N3O4/c1-10(9-20)13-8-14(23-19-13)17-15(22)16(2,3)18-11-4-6-12(21)7-5-11/h8,11-12,18,20-21H,1,4-7,9H2,2-3H3,(H,17,22)/t11-,12+. The fourth-order valence-electron chi connectivity index (χ4n) is 2.65. The number of aromatic nitrogens is 1. The summed E-state index contributed by atoms with van der Waals surface area (Å²) in [5.74, 6) is -0.0190. The van der Waals surface area contributed by atoms with Crippen LogP contribution in [-0.2, 0) is 4.79 Å². The number of aliphatic hydroxyl groups is 2. The summed E-state index contributed by atoms with van der Waals surface area (Å²) in [4.78, 5) is 12.4. The Kier molecular flexibility index (Phi) is 5.56. The lowest BCUT2D eigenvalue weighted by atomic mass is 9.90. The van der Waals surface area contributed by atoms with Crippen molar-refractivity contribution < 1.29 is 19.5 Å². The first kappa shape index (κ1) is 17.7. The molecule has 7 heteroatoms. The monoisotopic (exact) mass is 323 g/mol. The second kappa shape index (κ2) is 7.25. The molecule has 1 aliphatic rings. The summed E-state index contributed by atoms with van der Waals surface area (Å²) in [7, 11) is 0. The number of hydrogen-bond donors (Lipinski definition) is 4. The molecule has 4 N–H and O–H groups in total. The maximum absolute atomic E-state index is 12.4. The fourth-order valence-corrected chi connectivity index (χ4v) is 2.65. The maximum Gasteiger partial charge on any atom is 0.246 e. The van der Waals surface area contributed by atoms with E-state index in [0.717, 1.165) is 25.7 Å². The van der Waals surface area contributed by atoms with E-state index in [9.17, 15) is 9.90 Å². The van der Waals surface area contributed by atoms with Gasteiger partial charge in [-0.15, -0.1) is 0 Å². The Morgan fingerprint density at radius 3 is 2.70 bits per heavy atom.